The molecule has 2 aromatic heterocycles. The number of nitrogens with two attached hydrogens (primary N) is 1. The van der Waals surface area contributed by atoms with E-state index in [1.54, 1.807) is 29.0 Å². The van der Waals surface area contributed by atoms with Crippen molar-refractivity contribution < 1.29 is 9.59 Å². The van der Waals surface area contributed by atoms with Crippen LogP contribution in [-0.2, 0) is 13.6 Å². The Balaban J connectivity index is 1.40. The van der Waals surface area contributed by atoms with Crippen LogP contribution in [0, 0.1) is 0 Å². The molecule has 1 aliphatic rings. The topological polar surface area (TPSA) is 106 Å². The van der Waals surface area contributed by atoms with E-state index in [1.165, 1.54) is 0 Å². The molecule has 1 atom stereocenters. The van der Waals surface area contributed by atoms with Crippen LogP contribution in [0.2, 0.25) is 0 Å². The predicted octanol–water partition coefficient (Wildman–Crippen LogP) is 2.67. The summed E-state index contributed by atoms with van der Waals surface area (Å²) >= 11 is 0. The summed E-state index contributed by atoms with van der Waals surface area (Å²) in [5.41, 5.74) is 9.53. The van der Waals surface area contributed by atoms with Gasteiger partial charge in [0, 0.05) is 50.6 Å². The Morgan fingerprint density at radius 2 is 2.10 bits per heavy atom. The molecule has 0 unspecified atom stereocenters. The van der Waals surface area contributed by atoms with E-state index in [2.05, 4.69) is 15.4 Å². The summed E-state index contributed by atoms with van der Waals surface area (Å²) in [6, 6.07) is 13.7. The van der Waals surface area contributed by atoms with Crippen LogP contribution >= 0.6 is 0 Å². The van der Waals surface area contributed by atoms with Crippen molar-refractivity contribution in [2.75, 3.05) is 13.1 Å². The van der Waals surface area contributed by atoms with Gasteiger partial charge < -0.3 is 16.0 Å². The molecule has 0 spiro atoms. The quantitative estimate of drug-likeness (QED) is 0.664. The zero-order valence-corrected chi connectivity index (χ0v) is 17.5. The molecule has 3 amide bonds. The standard InChI is InChI=1S/C23H26N6O2/c1-28-15-19(22(24)30)21(27-28)18-8-5-11-29(14-18)23(31)26-13-16-6-4-7-17(12-16)20-9-2-3-10-25-20/h2-4,6-7,9-10,12,15,18H,5,8,11,13-14H2,1H3,(H2,24,30)(H,26,31)/t18-/m0/s1. The Morgan fingerprint density at radius 1 is 1.23 bits per heavy atom. The fourth-order valence-corrected chi connectivity index (χ4v) is 4.05. The van der Waals surface area contributed by atoms with Crippen molar-refractivity contribution in [2.45, 2.75) is 25.3 Å². The molecule has 0 saturated carbocycles. The van der Waals surface area contributed by atoms with E-state index in [9.17, 15) is 9.59 Å². The third-order valence-corrected chi connectivity index (χ3v) is 5.55. The Bertz CT molecular complexity index is 1080. The summed E-state index contributed by atoms with van der Waals surface area (Å²) < 4.78 is 1.60. The van der Waals surface area contributed by atoms with E-state index >= 15 is 0 Å². The number of likely N-dealkylation sites (tertiary alicyclic amines) is 1. The minimum absolute atomic E-state index is 0.00400. The smallest absolute Gasteiger partial charge is 0.317 e. The molecule has 3 N–H and O–H groups in total. The molecule has 0 bridgehead atoms. The van der Waals surface area contributed by atoms with Gasteiger partial charge in [-0.15, -0.1) is 0 Å². The number of piperidine rings is 1. The maximum atomic E-state index is 12.8. The Morgan fingerprint density at radius 3 is 2.87 bits per heavy atom. The second kappa shape index (κ2) is 8.99. The number of carbonyl (C=O) groups excluding carboxylic acids is 2. The van der Waals surface area contributed by atoms with E-state index in [-0.39, 0.29) is 11.9 Å². The highest BCUT2D eigenvalue weighted by molar-refractivity contribution is 5.93. The number of rotatable bonds is 5. The molecule has 8 nitrogen and oxygen atoms in total. The highest BCUT2D eigenvalue weighted by Crippen LogP contribution is 2.28. The first-order valence-corrected chi connectivity index (χ1v) is 10.4. The maximum Gasteiger partial charge on any atom is 0.317 e. The first kappa shape index (κ1) is 20.6. The predicted molar refractivity (Wildman–Crippen MR) is 117 cm³/mol. The van der Waals surface area contributed by atoms with E-state index in [4.69, 9.17) is 5.73 Å². The average molecular weight is 419 g/mol. The summed E-state index contributed by atoms with van der Waals surface area (Å²) in [5.74, 6) is -0.492. The number of hydrogen-bond donors (Lipinski definition) is 2. The van der Waals surface area contributed by atoms with Crippen LogP contribution in [0.5, 0.6) is 0 Å². The van der Waals surface area contributed by atoms with Crippen LogP contribution < -0.4 is 11.1 Å². The molecule has 8 heteroatoms. The van der Waals surface area contributed by atoms with Crippen molar-refractivity contribution in [2.24, 2.45) is 12.8 Å². The molecule has 0 radical (unpaired) electrons. The van der Waals surface area contributed by atoms with Crippen LogP contribution in [-0.4, -0.2) is 44.7 Å². The SMILES string of the molecule is Cn1cc(C(N)=O)c([C@H]2CCCN(C(=O)NCc3cccc(-c4ccccn4)c3)C2)n1. The van der Waals surface area contributed by atoms with Gasteiger partial charge in [0.05, 0.1) is 17.0 Å². The lowest BCUT2D eigenvalue weighted by Gasteiger charge is -2.32. The van der Waals surface area contributed by atoms with Crippen molar-refractivity contribution >= 4 is 11.9 Å². The molecule has 31 heavy (non-hydrogen) atoms. The van der Waals surface area contributed by atoms with Gasteiger partial charge in [-0.05, 0) is 36.6 Å². The van der Waals surface area contributed by atoms with Crippen molar-refractivity contribution in [3.05, 3.63) is 71.7 Å². The van der Waals surface area contributed by atoms with Gasteiger partial charge in [-0.1, -0.05) is 24.3 Å². The van der Waals surface area contributed by atoms with Gasteiger partial charge in [0.25, 0.3) is 5.91 Å². The van der Waals surface area contributed by atoms with Gasteiger partial charge in [-0.25, -0.2) is 4.79 Å². The summed E-state index contributed by atoms with van der Waals surface area (Å²) in [6.45, 7) is 1.61. The molecule has 1 aliphatic heterocycles. The summed E-state index contributed by atoms with van der Waals surface area (Å²) in [6.07, 6.45) is 5.13. The molecular weight excluding hydrogens is 392 g/mol. The first-order valence-electron chi connectivity index (χ1n) is 10.4. The Hall–Kier alpha value is -3.68. The van der Waals surface area contributed by atoms with E-state index < -0.39 is 5.91 Å². The molecule has 3 aromatic rings. The number of amides is 3. The van der Waals surface area contributed by atoms with Crippen molar-refractivity contribution in [1.82, 2.24) is 25.0 Å². The van der Waals surface area contributed by atoms with E-state index in [1.807, 2.05) is 42.5 Å². The number of nitrogens with one attached hydrogen (secondary N) is 1. The summed E-state index contributed by atoms with van der Waals surface area (Å²) in [5, 5.41) is 7.44. The van der Waals surface area contributed by atoms with Crippen LogP contribution in [0.25, 0.3) is 11.3 Å². The maximum absolute atomic E-state index is 12.8. The Labute approximate surface area is 181 Å². The van der Waals surface area contributed by atoms with Crippen molar-refractivity contribution in [3.63, 3.8) is 0 Å². The fourth-order valence-electron chi connectivity index (χ4n) is 4.05. The largest absolute Gasteiger partial charge is 0.365 e. The lowest BCUT2D eigenvalue weighted by molar-refractivity contribution is 0.0998. The number of hydrogen-bond acceptors (Lipinski definition) is 4. The molecule has 160 valence electrons. The summed E-state index contributed by atoms with van der Waals surface area (Å²) in [7, 11) is 1.77. The number of pyridine rings is 1. The minimum atomic E-state index is -0.488. The van der Waals surface area contributed by atoms with Gasteiger partial charge in [0.2, 0.25) is 0 Å². The second-order valence-corrected chi connectivity index (χ2v) is 7.83. The molecule has 1 saturated heterocycles. The van der Waals surface area contributed by atoms with Gasteiger partial charge in [0.15, 0.2) is 0 Å². The number of benzene rings is 1. The lowest BCUT2D eigenvalue weighted by Crippen LogP contribution is -2.45. The number of primary amides is 1. The third kappa shape index (κ3) is 4.74. The zero-order chi connectivity index (χ0) is 21.8. The fraction of sp³-hybridized carbons (Fsp3) is 0.304. The molecule has 3 heterocycles. The third-order valence-electron chi connectivity index (χ3n) is 5.55. The van der Waals surface area contributed by atoms with Gasteiger partial charge in [0.1, 0.15) is 0 Å². The monoisotopic (exact) mass is 418 g/mol. The molecule has 4 rings (SSSR count). The minimum Gasteiger partial charge on any atom is -0.365 e. The van der Waals surface area contributed by atoms with Crippen molar-refractivity contribution in [1.29, 1.82) is 0 Å². The van der Waals surface area contributed by atoms with E-state index in [0.717, 1.165) is 29.7 Å². The van der Waals surface area contributed by atoms with Crippen molar-refractivity contribution in [3.8, 4) is 11.3 Å². The lowest BCUT2D eigenvalue weighted by atomic mass is 9.92. The normalized spacial score (nSPS) is 16.2. The first-order chi connectivity index (χ1) is 15.0. The van der Waals surface area contributed by atoms with E-state index in [0.29, 0.717) is 30.9 Å². The van der Waals surface area contributed by atoms with Gasteiger partial charge in [-0.3, -0.25) is 14.5 Å². The molecule has 1 fully saturated rings. The number of aryl methyl sites for hydroxylation is 1. The highest BCUT2D eigenvalue weighted by Gasteiger charge is 2.29. The number of carbonyl (C=O) groups is 2. The van der Waals surface area contributed by atoms with Crippen LogP contribution in [0.15, 0.2) is 54.9 Å². The van der Waals surface area contributed by atoms with Crippen LogP contribution in [0.3, 0.4) is 0 Å². The average Bonchev–Trinajstić information content (AvgIpc) is 3.20. The highest BCUT2D eigenvalue weighted by atomic mass is 16.2. The number of nitrogens with zero attached hydrogens (tertiary/aromatic N) is 4. The van der Waals surface area contributed by atoms with Crippen LogP contribution in [0.1, 0.15) is 40.4 Å². The van der Waals surface area contributed by atoms with Gasteiger partial charge in [-0.2, -0.15) is 5.10 Å². The summed E-state index contributed by atoms with van der Waals surface area (Å²) in [4.78, 5) is 30.7. The molecular formula is C23H26N6O2. The number of urea groups is 1. The number of aromatic nitrogens is 3. The zero-order valence-electron chi connectivity index (χ0n) is 17.5. The Kier molecular flexibility index (Phi) is 5.97. The second-order valence-electron chi connectivity index (χ2n) is 7.83. The molecule has 1 aromatic carbocycles. The molecule has 0 aliphatic carbocycles. The van der Waals surface area contributed by atoms with Gasteiger partial charge >= 0.3 is 6.03 Å². The van der Waals surface area contributed by atoms with Crippen LogP contribution in [0.4, 0.5) is 4.79 Å².